The molecule has 0 bridgehead atoms. The Hall–Kier alpha value is -2.50. The van der Waals surface area contributed by atoms with Gasteiger partial charge in [0.05, 0.1) is 22.7 Å². The largest absolute Gasteiger partial charge is 0.367 e. The molecule has 1 aromatic heterocycles. The molecule has 0 radical (unpaired) electrons. The zero-order valence-electron chi connectivity index (χ0n) is 12.0. The van der Waals surface area contributed by atoms with E-state index in [9.17, 15) is 4.79 Å². The van der Waals surface area contributed by atoms with Crippen LogP contribution in [0.4, 0.5) is 5.69 Å². The fourth-order valence-corrected chi connectivity index (χ4v) is 2.92. The molecule has 1 aliphatic heterocycles. The van der Waals surface area contributed by atoms with E-state index in [1.54, 1.807) is 12.4 Å². The van der Waals surface area contributed by atoms with E-state index in [1.807, 2.05) is 30.3 Å². The van der Waals surface area contributed by atoms with Gasteiger partial charge in [-0.15, -0.1) is 0 Å². The Morgan fingerprint density at radius 2 is 1.83 bits per heavy atom. The van der Waals surface area contributed by atoms with Crippen molar-refractivity contribution in [3.63, 3.8) is 0 Å². The van der Waals surface area contributed by atoms with E-state index in [0.717, 1.165) is 33.4 Å². The number of hydrogen-bond donors (Lipinski definition) is 1. The van der Waals surface area contributed by atoms with Crippen LogP contribution in [0.15, 0.2) is 42.7 Å². The van der Waals surface area contributed by atoms with Gasteiger partial charge in [-0.2, -0.15) is 0 Å². The summed E-state index contributed by atoms with van der Waals surface area (Å²) >= 11 is 6.41. The van der Waals surface area contributed by atoms with Crippen LogP contribution in [-0.2, 0) is 16.1 Å². The Labute approximate surface area is 137 Å². The molecule has 4 rings (SSSR count). The predicted octanol–water partition coefficient (Wildman–Crippen LogP) is 3.42. The molecule has 114 valence electrons. The third kappa shape index (κ3) is 2.65. The topological polar surface area (TPSA) is 64.1 Å². The van der Waals surface area contributed by atoms with Gasteiger partial charge in [0.15, 0.2) is 0 Å². The van der Waals surface area contributed by atoms with Crippen molar-refractivity contribution in [2.45, 2.75) is 6.61 Å². The van der Waals surface area contributed by atoms with Crippen LogP contribution in [0.2, 0.25) is 5.02 Å². The molecule has 0 fully saturated rings. The Morgan fingerprint density at radius 1 is 1.04 bits per heavy atom. The molecule has 3 aromatic rings. The van der Waals surface area contributed by atoms with E-state index < -0.39 is 0 Å². The molecular formula is C17H12ClN3O2. The molecule has 1 N–H and O–H groups in total. The summed E-state index contributed by atoms with van der Waals surface area (Å²) in [5, 5.41) is 3.43. The SMILES string of the molecule is O=C1COCc2cc(-c3cc4nccnc4cc3Cl)ccc2N1. The molecule has 0 spiro atoms. The first-order valence-electron chi connectivity index (χ1n) is 7.12. The van der Waals surface area contributed by atoms with Crippen LogP contribution < -0.4 is 5.32 Å². The summed E-state index contributed by atoms with van der Waals surface area (Å²) in [4.78, 5) is 20.1. The molecule has 23 heavy (non-hydrogen) atoms. The van der Waals surface area contributed by atoms with Crippen LogP contribution >= 0.6 is 11.6 Å². The van der Waals surface area contributed by atoms with Crippen molar-refractivity contribution in [2.75, 3.05) is 11.9 Å². The third-order valence-corrected chi connectivity index (χ3v) is 4.05. The van der Waals surface area contributed by atoms with Gasteiger partial charge in [0, 0.05) is 29.2 Å². The van der Waals surface area contributed by atoms with Gasteiger partial charge in [-0.25, -0.2) is 0 Å². The van der Waals surface area contributed by atoms with Crippen molar-refractivity contribution in [3.8, 4) is 11.1 Å². The standard InChI is InChI=1S/C17H12ClN3O2/c18-13-7-16-15(19-3-4-20-16)6-12(13)10-1-2-14-11(5-10)8-23-9-17(22)21-14/h1-7H,8-9H2,(H,21,22). The summed E-state index contributed by atoms with van der Waals surface area (Å²) in [5.41, 5.74) is 5.05. The van der Waals surface area contributed by atoms with Gasteiger partial charge in [-0.05, 0) is 29.8 Å². The number of nitrogens with one attached hydrogen (secondary N) is 1. The summed E-state index contributed by atoms with van der Waals surface area (Å²) in [6.07, 6.45) is 3.29. The number of rotatable bonds is 1. The predicted molar refractivity (Wildman–Crippen MR) is 88.3 cm³/mol. The highest BCUT2D eigenvalue weighted by molar-refractivity contribution is 6.34. The average molecular weight is 326 g/mol. The highest BCUT2D eigenvalue weighted by atomic mass is 35.5. The molecule has 1 amide bonds. The third-order valence-electron chi connectivity index (χ3n) is 3.74. The number of carbonyl (C=O) groups excluding carboxylic acids is 1. The zero-order valence-corrected chi connectivity index (χ0v) is 12.8. The molecular weight excluding hydrogens is 314 g/mol. The van der Waals surface area contributed by atoms with Crippen LogP contribution in [0.1, 0.15) is 5.56 Å². The average Bonchev–Trinajstić information content (AvgIpc) is 2.74. The van der Waals surface area contributed by atoms with Gasteiger partial charge in [-0.1, -0.05) is 17.7 Å². The molecule has 0 saturated carbocycles. The van der Waals surface area contributed by atoms with E-state index in [4.69, 9.17) is 16.3 Å². The highest BCUT2D eigenvalue weighted by Gasteiger charge is 2.15. The number of benzene rings is 2. The molecule has 0 saturated heterocycles. The van der Waals surface area contributed by atoms with Crippen molar-refractivity contribution in [2.24, 2.45) is 0 Å². The highest BCUT2D eigenvalue weighted by Crippen LogP contribution is 2.33. The van der Waals surface area contributed by atoms with Crippen LogP contribution in [0.3, 0.4) is 0 Å². The minimum Gasteiger partial charge on any atom is -0.367 e. The van der Waals surface area contributed by atoms with Gasteiger partial charge in [0.2, 0.25) is 5.91 Å². The second-order valence-corrected chi connectivity index (χ2v) is 5.70. The molecule has 5 nitrogen and oxygen atoms in total. The molecule has 6 heteroatoms. The maximum absolute atomic E-state index is 11.5. The number of hydrogen-bond acceptors (Lipinski definition) is 4. The number of carbonyl (C=O) groups is 1. The monoisotopic (exact) mass is 325 g/mol. The first-order valence-corrected chi connectivity index (χ1v) is 7.50. The summed E-state index contributed by atoms with van der Waals surface area (Å²) in [6, 6.07) is 9.50. The number of halogens is 1. The van der Waals surface area contributed by atoms with Crippen LogP contribution in [0, 0.1) is 0 Å². The lowest BCUT2D eigenvalue weighted by Gasteiger charge is -2.11. The quantitative estimate of drug-likeness (QED) is 0.744. The Kier molecular flexibility index (Phi) is 3.44. The molecule has 2 aromatic carbocycles. The minimum absolute atomic E-state index is 0.0658. The Balaban J connectivity index is 1.83. The van der Waals surface area contributed by atoms with Gasteiger partial charge >= 0.3 is 0 Å². The van der Waals surface area contributed by atoms with Crippen molar-refractivity contribution in [1.29, 1.82) is 0 Å². The second kappa shape index (κ2) is 5.61. The number of ether oxygens (including phenoxy) is 1. The lowest BCUT2D eigenvalue weighted by Crippen LogP contribution is -2.14. The fraction of sp³-hybridized carbons (Fsp3) is 0.118. The van der Waals surface area contributed by atoms with E-state index in [0.29, 0.717) is 11.6 Å². The lowest BCUT2D eigenvalue weighted by atomic mass is 10.0. The summed E-state index contributed by atoms with van der Waals surface area (Å²) in [7, 11) is 0. The van der Waals surface area contributed by atoms with Gasteiger partial charge in [0.25, 0.3) is 0 Å². The Bertz CT molecular complexity index is 927. The number of nitrogens with zero attached hydrogens (tertiary/aromatic N) is 2. The minimum atomic E-state index is -0.143. The summed E-state index contributed by atoms with van der Waals surface area (Å²) < 4.78 is 5.36. The first kappa shape index (κ1) is 14.1. The van der Waals surface area contributed by atoms with Gasteiger partial charge in [-0.3, -0.25) is 14.8 Å². The molecule has 2 heterocycles. The van der Waals surface area contributed by atoms with E-state index in [1.165, 1.54) is 0 Å². The van der Waals surface area contributed by atoms with E-state index in [2.05, 4.69) is 15.3 Å². The number of aromatic nitrogens is 2. The summed E-state index contributed by atoms with van der Waals surface area (Å²) in [5.74, 6) is -0.143. The zero-order chi connectivity index (χ0) is 15.8. The number of fused-ring (bicyclic) bond motifs is 2. The molecule has 0 unspecified atom stereocenters. The maximum Gasteiger partial charge on any atom is 0.250 e. The van der Waals surface area contributed by atoms with Crippen molar-refractivity contribution >= 4 is 34.2 Å². The van der Waals surface area contributed by atoms with Crippen molar-refractivity contribution in [1.82, 2.24) is 9.97 Å². The molecule has 0 atom stereocenters. The lowest BCUT2D eigenvalue weighted by molar-refractivity contribution is -0.120. The fourth-order valence-electron chi connectivity index (χ4n) is 2.65. The first-order chi connectivity index (χ1) is 11.2. The Morgan fingerprint density at radius 3 is 2.65 bits per heavy atom. The van der Waals surface area contributed by atoms with Crippen LogP contribution in [-0.4, -0.2) is 22.5 Å². The normalized spacial score (nSPS) is 14.2. The second-order valence-electron chi connectivity index (χ2n) is 5.29. The van der Waals surface area contributed by atoms with Gasteiger partial charge < -0.3 is 10.1 Å². The van der Waals surface area contributed by atoms with Gasteiger partial charge in [0.1, 0.15) is 6.61 Å². The summed E-state index contributed by atoms with van der Waals surface area (Å²) in [6.45, 7) is 0.448. The number of anilines is 1. The molecule has 1 aliphatic rings. The van der Waals surface area contributed by atoms with E-state index in [-0.39, 0.29) is 12.5 Å². The van der Waals surface area contributed by atoms with E-state index >= 15 is 0 Å². The van der Waals surface area contributed by atoms with Crippen molar-refractivity contribution < 1.29 is 9.53 Å². The molecule has 0 aliphatic carbocycles. The van der Waals surface area contributed by atoms with Crippen LogP contribution in [0.25, 0.3) is 22.2 Å². The van der Waals surface area contributed by atoms with Crippen molar-refractivity contribution in [3.05, 3.63) is 53.3 Å². The van der Waals surface area contributed by atoms with Crippen LogP contribution in [0.5, 0.6) is 0 Å². The smallest absolute Gasteiger partial charge is 0.250 e. The maximum atomic E-state index is 11.5. The number of amides is 1.